The molecule has 1 heterocycles. The summed E-state index contributed by atoms with van der Waals surface area (Å²) in [5.41, 5.74) is 1.18. The Morgan fingerprint density at radius 2 is 1.82 bits per heavy atom. The first-order valence-electron chi connectivity index (χ1n) is 6.37. The highest BCUT2D eigenvalue weighted by atomic mass is 35.5. The Labute approximate surface area is 136 Å². The van der Waals surface area contributed by atoms with Crippen LogP contribution >= 0.6 is 23.4 Å². The summed E-state index contributed by atoms with van der Waals surface area (Å²) in [5.74, 6) is -0.241. The molecule has 2 aromatic rings. The van der Waals surface area contributed by atoms with Crippen LogP contribution in [0.25, 0.3) is 6.08 Å². The molecule has 1 N–H and O–H groups in total. The number of hydrogen-bond acceptors (Lipinski definition) is 4. The van der Waals surface area contributed by atoms with Gasteiger partial charge in [0.15, 0.2) is 0 Å². The predicted octanol–water partition coefficient (Wildman–Crippen LogP) is 4.29. The van der Waals surface area contributed by atoms with E-state index < -0.39 is 0 Å². The van der Waals surface area contributed by atoms with Gasteiger partial charge < -0.3 is 5.11 Å². The van der Waals surface area contributed by atoms with Gasteiger partial charge in [0, 0.05) is 5.02 Å². The van der Waals surface area contributed by atoms with Gasteiger partial charge in [0.2, 0.25) is 0 Å². The van der Waals surface area contributed by atoms with E-state index >= 15 is 0 Å². The van der Waals surface area contributed by atoms with Crippen LogP contribution in [0.3, 0.4) is 0 Å². The van der Waals surface area contributed by atoms with Gasteiger partial charge in [0.25, 0.3) is 11.1 Å². The molecule has 0 aliphatic carbocycles. The standard InChI is InChI=1S/C16H10ClNO3S/c17-11-2-1-3-12(9-11)18-15(20)14(22-16(18)21)8-10-4-6-13(19)7-5-10/h1-9,19H. The van der Waals surface area contributed by atoms with E-state index in [-0.39, 0.29) is 16.9 Å². The van der Waals surface area contributed by atoms with Gasteiger partial charge in [-0.15, -0.1) is 0 Å². The molecule has 1 fully saturated rings. The highest BCUT2D eigenvalue weighted by Crippen LogP contribution is 2.36. The number of amides is 2. The molecule has 110 valence electrons. The second-order valence-corrected chi connectivity index (χ2v) is 6.02. The van der Waals surface area contributed by atoms with Crippen LogP contribution in [0.1, 0.15) is 5.56 Å². The molecular formula is C16H10ClNO3S. The molecule has 0 atom stereocenters. The van der Waals surface area contributed by atoms with Crippen LogP contribution in [0.4, 0.5) is 10.5 Å². The number of hydrogen-bond donors (Lipinski definition) is 1. The Morgan fingerprint density at radius 1 is 1.09 bits per heavy atom. The van der Waals surface area contributed by atoms with Crippen molar-refractivity contribution >= 4 is 46.3 Å². The SMILES string of the molecule is O=C1SC(=Cc2ccc(O)cc2)C(=O)N1c1cccc(Cl)c1. The maximum Gasteiger partial charge on any atom is 0.298 e. The van der Waals surface area contributed by atoms with Crippen molar-refractivity contribution in [2.75, 3.05) is 4.90 Å². The molecule has 0 radical (unpaired) electrons. The largest absolute Gasteiger partial charge is 0.508 e. The molecular weight excluding hydrogens is 322 g/mol. The smallest absolute Gasteiger partial charge is 0.298 e. The van der Waals surface area contributed by atoms with Crippen molar-refractivity contribution in [3.63, 3.8) is 0 Å². The second kappa shape index (κ2) is 5.87. The molecule has 0 bridgehead atoms. The van der Waals surface area contributed by atoms with Crippen molar-refractivity contribution in [1.82, 2.24) is 0 Å². The maximum atomic E-state index is 12.4. The number of imide groups is 1. The molecule has 0 spiro atoms. The number of thioether (sulfide) groups is 1. The average Bonchev–Trinajstić information content (AvgIpc) is 2.76. The van der Waals surface area contributed by atoms with E-state index in [1.165, 1.54) is 12.1 Å². The molecule has 1 aliphatic rings. The van der Waals surface area contributed by atoms with Gasteiger partial charge in [-0.1, -0.05) is 29.8 Å². The summed E-state index contributed by atoms with van der Waals surface area (Å²) in [6.07, 6.45) is 1.62. The third-order valence-corrected chi connectivity index (χ3v) is 4.16. The average molecular weight is 332 g/mol. The Morgan fingerprint density at radius 3 is 2.50 bits per heavy atom. The van der Waals surface area contributed by atoms with Crippen LogP contribution in [-0.2, 0) is 4.79 Å². The van der Waals surface area contributed by atoms with Crippen molar-refractivity contribution < 1.29 is 14.7 Å². The maximum absolute atomic E-state index is 12.4. The number of halogens is 1. The first-order valence-corrected chi connectivity index (χ1v) is 7.56. The molecule has 22 heavy (non-hydrogen) atoms. The van der Waals surface area contributed by atoms with Crippen LogP contribution < -0.4 is 4.90 Å². The lowest BCUT2D eigenvalue weighted by Gasteiger charge is -2.12. The number of aromatic hydroxyl groups is 1. The number of nitrogens with zero attached hydrogens (tertiary/aromatic N) is 1. The van der Waals surface area contributed by atoms with Crippen molar-refractivity contribution in [2.45, 2.75) is 0 Å². The minimum Gasteiger partial charge on any atom is -0.508 e. The molecule has 6 heteroatoms. The number of benzene rings is 2. The summed E-state index contributed by atoms with van der Waals surface area (Å²) < 4.78 is 0. The van der Waals surface area contributed by atoms with Crippen LogP contribution in [0, 0.1) is 0 Å². The normalized spacial score (nSPS) is 16.6. The molecule has 1 saturated heterocycles. The Balaban J connectivity index is 1.93. The van der Waals surface area contributed by atoms with Crippen molar-refractivity contribution in [3.05, 3.63) is 64.0 Å². The van der Waals surface area contributed by atoms with Crippen molar-refractivity contribution in [3.8, 4) is 5.75 Å². The van der Waals surface area contributed by atoms with Crippen molar-refractivity contribution in [1.29, 1.82) is 0 Å². The zero-order chi connectivity index (χ0) is 15.7. The van der Waals surface area contributed by atoms with E-state index in [9.17, 15) is 14.7 Å². The van der Waals surface area contributed by atoms with Crippen LogP contribution in [-0.4, -0.2) is 16.3 Å². The molecule has 3 rings (SSSR count). The van der Waals surface area contributed by atoms with E-state index in [0.29, 0.717) is 15.6 Å². The predicted molar refractivity (Wildman–Crippen MR) is 88.0 cm³/mol. The summed E-state index contributed by atoms with van der Waals surface area (Å²) in [5, 5.41) is 9.35. The molecule has 2 amide bonds. The van der Waals surface area contributed by atoms with E-state index in [1.807, 2.05) is 0 Å². The number of anilines is 1. The van der Waals surface area contributed by atoms with E-state index in [1.54, 1.807) is 42.5 Å². The Kier molecular flexibility index (Phi) is 3.92. The molecule has 2 aromatic carbocycles. The lowest BCUT2D eigenvalue weighted by Crippen LogP contribution is -2.27. The minimum absolute atomic E-state index is 0.143. The van der Waals surface area contributed by atoms with Gasteiger partial charge in [0.05, 0.1) is 10.6 Å². The van der Waals surface area contributed by atoms with Gasteiger partial charge in [-0.2, -0.15) is 0 Å². The monoisotopic (exact) mass is 331 g/mol. The lowest BCUT2D eigenvalue weighted by atomic mass is 10.2. The topological polar surface area (TPSA) is 57.6 Å². The molecule has 0 aromatic heterocycles. The Bertz CT molecular complexity index is 786. The highest BCUT2D eigenvalue weighted by Gasteiger charge is 2.36. The second-order valence-electron chi connectivity index (χ2n) is 4.59. The summed E-state index contributed by atoms with van der Waals surface area (Å²) in [6.45, 7) is 0. The quantitative estimate of drug-likeness (QED) is 0.834. The number of carbonyl (C=O) groups is 2. The summed E-state index contributed by atoms with van der Waals surface area (Å²) in [4.78, 5) is 25.9. The fourth-order valence-corrected chi connectivity index (χ4v) is 3.05. The Hall–Kier alpha value is -2.24. The molecule has 0 unspecified atom stereocenters. The van der Waals surface area contributed by atoms with Gasteiger partial charge in [-0.05, 0) is 53.7 Å². The highest BCUT2D eigenvalue weighted by molar-refractivity contribution is 8.19. The number of rotatable bonds is 2. The first-order chi connectivity index (χ1) is 10.5. The van der Waals surface area contributed by atoms with Gasteiger partial charge in [-0.25, -0.2) is 4.90 Å². The fraction of sp³-hybridized carbons (Fsp3) is 0. The summed E-state index contributed by atoms with van der Waals surface area (Å²) >= 11 is 6.78. The third-order valence-electron chi connectivity index (χ3n) is 3.05. The van der Waals surface area contributed by atoms with Crippen LogP contribution in [0.2, 0.25) is 5.02 Å². The summed E-state index contributed by atoms with van der Waals surface area (Å²) in [6, 6.07) is 13.0. The number of phenols is 1. The number of carbonyl (C=O) groups excluding carboxylic acids is 2. The van der Waals surface area contributed by atoms with Gasteiger partial charge >= 0.3 is 0 Å². The van der Waals surface area contributed by atoms with E-state index in [0.717, 1.165) is 22.2 Å². The zero-order valence-electron chi connectivity index (χ0n) is 11.2. The number of phenolic OH excluding ortho intramolecular Hbond substituents is 1. The van der Waals surface area contributed by atoms with Crippen LogP contribution in [0.15, 0.2) is 53.4 Å². The zero-order valence-corrected chi connectivity index (χ0v) is 12.8. The van der Waals surface area contributed by atoms with Crippen molar-refractivity contribution in [2.24, 2.45) is 0 Å². The minimum atomic E-state index is -0.384. The van der Waals surface area contributed by atoms with Gasteiger partial charge in [-0.3, -0.25) is 9.59 Å². The van der Waals surface area contributed by atoms with E-state index in [4.69, 9.17) is 11.6 Å². The van der Waals surface area contributed by atoms with Gasteiger partial charge in [0.1, 0.15) is 5.75 Å². The fourth-order valence-electron chi connectivity index (χ4n) is 2.03. The molecule has 4 nitrogen and oxygen atoms in total. The molecule has 0 saturated carbocycles. The lowest BCUT2D eigenvalue weighted by molar-refractivity contribution is -0.113. The first kappa shape index (κ1) is 14.7. The summed E-state index contributed by atoms with van der Waals surface area (Å²) in [7, 11) is 0. The van der Waals surface area contributed by atoms with E-state index in [2.05, 4.69) is 0 Å². The molecule has 1 aliphatic heterocycles. The van der Waals surface area contributed by atoms with Crippen LogP contribution in [0.5, 0.6) is 5.75 Å². The third kappa shape index (κ3) is 2.86.